The van der Waals surface area contributed by atoms with Crippen molar-refractivity contribution in [2.75, 3.05) is 32.2 Å². The van der Waals surface area contributed by atoms with Crippen LogP contribution in [0.25, 0.3) is 0 Å². The Balaban J connectivity index is 2.39. The second kappa shape index (κ2) is 7.71. The van der Waals surface area contributed by atoms with Gasteiger partial charge in [-0.1, -0.05) is 0 Å². The molecule has 0 atom stereocenters. The van der Waals surface area contributed by atoms with Crippen molar-refractivity contribution < 1.29 is 32.2 Å². The van der Waals surface area contributed by atoms with Gasteiger partial charge in [0.2, 0.25) is 5.91 Å². The zero-order valence-electron chi connectivity index (χ0n) is 10.7. The number of methoxy groups -OCH3 is 1. The second-order valence-electron chi connectivity index (χ2n) is 3.67. The van der Waals surface area contributed by atoms with Gasteiger partial charge in [-0.3, -0.25) is 4.79 Å². The monoisotopic (exact) mass is 293 g/mol. The molecule has 0 heterocycles. The summed E-state index contributed by atoms with van der Waals surface area (Å²) in [5.74, 6) is -0.766. The van der Waals surface area contributed by atoms with Crippen molar-refractivity contribution >= 4 is 11.6 Å². The predicted octanol–water partition coefficient (Wildman–Crippen LogP) is 2.19. The van der Waals surface area contributed by atoms with Gasteiger partial charge in [-0.25, -0.2) is 0 Å². The molecule has 1 aromatic rings. The smallest absolute Gasteiger partial charge is 0.406 e. The number of ether oxygens (including phenoxy) is 3. The number of amides is 1. The number of hydrogen-bond acceptors (Lipinski definition) is 4. The molecule has 0 unspecified atom stereocenters. The van der Waals surface area contributed by atoms with Gasteiger partial charge < -0.3 is 19.5 Å². The lowest BCUT2D eigenvalue weighted by Crippen LogP contribution is -2.20. The Morgan fingerprint density at radius 1 is 1.20 bits per heavy atom. The number of carbonyl (C=O) groups excluding carboxylic acids is 1. The topological polar surface area (TPSA) is 56.8 Å². The molecule has 0 aromatic heterocycles. The summed E-state index contributed by atoms with van der Waals surface area (Å²) in [6.45, 7) is 0.489. The van der Waals surface area contributed by atoms with Crippen molar-refractivity contribution in [2.45, 2.75) is 6.36 Å². The van der Waals surface area contributed by atoms with E-state index in [-0.39, 0.29) is 19.0 Å². The minimum Gasteiger partial charge on any atom is -0.406 e. The number of carbonyl (C=O) groups is 1. The third-order valence-corrected chi connectivity index (χ3v) is 2.04. The molecule has 1 N–H and O–H groups in total. The highest BCUT2D eigenvalue weighted by Gasteiger charge is 2.30. The number of anilines is 1. The lowest BCUT2D eigenvalue weighted by molar-refractivity contribution is -0.274. The van der Waals surface area contributed by atoms with Crippen molar-refractivity contribution in [2.24, 2.45) is 0 Å². The first-order valence-corrected chi connectivity index (χ1v) is 5.63. The molecule has 8 heteroatoms. The average Bonchev–Trinajstić information content (AvgIpc) is 2.35. The molecule has 0 spiro atoms. The van der Waals surface area contributed by atoms with Gasteiger partial charge in [0.25, 0.3) is 0 Å². The van der Waals surface area contributed by atoms with Gasteiger partial charge in [0.15, 0.2) is 0 Å². The van der Waals surface area contributed by atoms with E-state index in [1.54, 1.807) is 0 Å². The molecule has 0 radical (unpaired) electrons. The summed E-state index contributed by atoms with van der Waals surface area (Å²) in [7, 11) is 1.51. The van der Waals surface area contributed by atoms with E-state index in [0.29, 0.717) is 12.3 Å². The van der Waals surface area contributed by atoms with Crippen LogP contribution in [0.3, 0.4) is 0 Å². The Hall–Kier alpha value is -1.80. The molecule has 0 aliphatic carbocycles. The molecule has 0 aliphatic rings. The summed E-state index contributed by atoms with van der Waals surface area (Å²) in [6.07, 6.45) is -4.74. The van der Waals surface area contributed by atoms with Crippen LogP contribution in [0.15, 0.2) is 24.3 Å². The molecule has 0 aliphatic heterocycles. The largest absolute Gasteiger partial charge is 0.573 e. The van der Waals surface area contributed by atoms with Crippen LogP contribution in [0.2, 0.25) is 0 Å². The molecule has 1 rings (SSSR count). The fraction of sp³-hybridized carbons (Fsp3) is 0.417. The third-order valence-electron chi connectivity index (χ3n) is 2.04. The van der Waals surface area contributed by atoms with Crippen LogP contribution >= 0.6 is 0 Å². The molecule has 112 valence electrons. The number of halogens is 3. The van der Waals surface area contributed by atoms with Gasteiger partial charge in [-0.15, -0.1) is 13.2 Å². The molecule has 20 heavy (non-hydrogen) atoms. The zero-order valence-corrected chi connectivity index (χ0v) is 10.7. The highest BCUT2D eigenvalue weighted by molar-refractivity contribution is 5.91. The van der Waals surface area contributed by atoms with Gasteiger partial charge in [-0.2, -0.15) is 0 Å². The highest BCUT2D eigenvalue weighted by Crippen LogP contribution is 2.23. The number of rotatable bonds is 7. The van der Waals surface area contributed by atoms with Crippen LogP contribution in [-0.4, -0.2) is 39.2 Å². The van der Waals surface area contributed by atoms with Gasteiger partial charge in [-0.05, 0) is 24.3 Å². The fourth-order valence-electron chi connectivity index (χ4n) is 1.24. The minimum atomic E-state index is -4.74. The number of alkyl halides is 3. The zero-order chi connectivity index (χ0) is 15.0. The quantitative estimate of drug-likeness (QED) is 0.783. The molecule has 0 saturated carbocycles. The Morgan fingerprint density at radius 3 is 2.40 bits per heavy atom. The Kier molecular flexibility index (Phi) is 6.26. The van der Waals surface area contributed by atoms with E-state index in [4.69, 9.17) is 9.47 Å². The Labute approximate surface area is 113 Å². The van der Waals surface area contributed by atoms with Crippen molar-refractivity contribution in [3.63, 3.8) is 0 Å². The first-order valence-electron chi connectivity index (χ1n) is 5.63. The third kappa shape index (κ3) is 6.95. The van der Waals surface area contributed by atoms with Crippen LogP contribution in [0.5, 0.6) is 5.75 Å². The van der Waals surface area contributed by atoms with E-state index >= 15 is 0 Å². The number of nitrogens with one attached hydrogen (secondary N) is 1. The Bertz CT molecular complexity index is 420. The summed E-state index contributed by atoms with van der Waals surface area (Å²) in [6, 6.07) is 4.81. The summed E-state index contributed by atoms with van der Waals surface area (Å²) in [5, 5.41) is 2.47. The fourth-order valence-corrected chi connectivity index (χ4v) is 1.24. The first kappa shape index (κ1) is 16.3. The van der Waals surface area contributed by atoms with Crippen LogP contribution in [0, 0.1) is 0 Å². The second-order valence-corrected chi connectivity index (χ2v) is 3.67. The molecule has 5 nitrogen and oxygen atoms in total. The number of benzene rings is 1. The normalized spacial score (nSPS) is 11.2. The molecular formula is C12H14F3NO4. The molecule has 0 fully saturated rings. The highest BCUT2D eigenvalue weighted by atomic mass is 19.4. The maximum absolute atomic E-state index is 11.9. The van der Waals surface area contributed by atoms with Crippen molar-refractivity contribution in [1.29, 1.82) is 0 Å². The van der Waals surface area contributed by atoms with Gasteiger partial charge >= 0.3 is 6.36 Å². The first-order chi connectivity index (χ1) is 9.40. The Morgan fingerprint density at radius 2 is 1.85 bits per heavy atom. The van der Waals surface area contributed by atoms with E-state index in [1.165, 1.54) is 19.2 Å². The van der Waals surface area contributed by atoms with Crippen LogP contribution in [-0.2, 0) is 14.3 Å². The summed E-state index contributed by atoms with van der Waals surface area (Å²) >= 11 is 0. The lowest BCUT2D eigenvalue weighted by Gasteiger charge is -2.10. The summed E-state index contributed by atoms with van der Waals surface area (Å²) < 4.78 is 49.2. The van der Waals surface area contributed by atoms with E-state index in [9.17, 15) is 18.0 Å². The van der Waals surface area contributed by atoms with Crippen LogP contribution in [0.4, 0.5) is 18.9 Å². The van der Waals surface area contributed by atoms with Crippen molar-refractivity contribution in [3.05, 3.63) is 24.3 Å². The number of hydrogen-bond donors (Lipinski definition) is 1. The molecule has 1 amide bonds. The van der Waals surface area contributed by atoms with E-state index < -0.39 is 12.3 Å². The lowest BCUT2D eigenvalue weighted by atomic mass is 10.3. The van der Waals surface area contributed by atoms with E-state index in [1.807, 2.05) is 0 Å². The van der Waals surface area contributed by atoms with Gasteiger partial charge in [0, 0.05) is 12.8 Å². The van der Waals surface area contributed by atoms with Gasteiger partial charge in [0.1, 0.15) is 12.4 Å². The molecule has 1 aromatic carbocycles. The summed E-state index contributed by atoms with van der Waals surface area (Å²) in [5.41, 5.74) is 0.347. The maximum Gasteiger partial charge on any atom is 0.573 e. The summed E-state index contributed by atoms with van der Waals surface area (Å²) in [4.78, 5) is 11.4. The van der Waals surface area contributed by atoms with Gasteiger partial charge in [0.05, 0.1) is 13.2 Å². The average molecular weight is 293 g/mol. The van der Waals surface area contributed by atoms with Crippen LogP contribution < -0.4 is 10.1 Å². The maximum atomic E-state index is 11.9. The van der Waals surface area contributed by atoms with E-state index in [0.717, 1.165) is 12.1 Å². The predicted molar refractivity (Wildman–Crippen MR) is 64.4 cm³/mol. The molecule has 0 saturated heterocycles. The minimum absolute atomic E-state index is 0.163. The van der Waals surface area contributed by atoms with Crippen LogP contribution in [0.1, 0.15) is 0 Å². The van der Waals surface area contributed by atoms with Crippen molar-refractivity contribution in [1.82, 2.24) is 0 Å². The SMILES string of the molecule is COCCOCC(=O)Nc1ccc(OC(F)(F)F)cc1. The standard InChI is InChI=1S/C12H14F3NO4/c1-18-6-7-19-8-11(17)16-9-2-4-10(5-3-9)20-12(13,14)15/h2-5H,6-8H2,1H3,(H,16,17). The van der Waals surface area contributed by atoms with Crippen molar-refractivity contribution in [3.8, 4) is 5.75 Å². The van der Waals surface area contributed by atoms with E-state index in [2.05, 4.69) is 10.1 Å². The molecular weight excluding hydrogens is 279 g/mol. The molecule has 0 bridgehead atoms.